The highest BCUT2D eigenvalue weighted by Crippen LogP contribution is 2.20. The van der Waals surface area contributed by atoms with Crippen LogP contribution >= 0.6 is 0 Å². The topological polar surface area (TPSA) is 81.4 Å². The third kappa shape index (κ3) is 8.54. The molecule has 0 aromatic carbocycles. The number of alkyl carbamates (subject to hydrolysis) is 1. The molecule has 2 amide bonds. The molecule has 0 aromatic heterocycles. The van der Waals surface area contributed by atoms with Crippen LogP contribution in [-0.2, 0) is 9.53 Å². The molecule has 5 heteroatoms. The summed E-state index contributed by atoms with van der Waals surface area (Å²) in [6.45, 7) is 11.2. The number of primary amides is 1. The van der Waals surface area contributed by atoms with Crippen molar-refractivity contribution in [2.75, 3.05) is 0 Å². The summed E-state index contributed by atoms with van der Waals surface area (Å²) in [6, 6.07) is -0.704. The lowest BCUT2D eigenvalue weighted by molar-refractivity contribution is -0.120. The van der Waals surface area contributed by atoms with Gasteiger partial charge >= 0.3 is 6.09 Å². The molecule has 17 heavy (non-hydrogen) atoms. The molecule has 0 unspecified atom stereocenters. The average Bonchev–Trinajstić information content (AvgIpc) is 1.95. The minimum atomic E-state index is -0.704. The van der Waals surface area contributed by atoms with E-state index in [2.05, 4.69) is 5.32 Å². The van der Waals surface area contributed by atoms with E-state index in [1.807, 2.05) is 20.8 Å². The van der Waals surface area contributed by atoms with Crippen LogP contribution < -0.4 is 11.1 Å². The van der Waals surface area contributed by atoms with Gasteiger partial charge in [-0.2, -0.15) is 0 Å². The van der Waals surface area contributed by atoms with E-state index >= 15 is 0 Å². The monoisotopic (exact) mass is 244 g/mol. The summed E-state index contributed by atoms with van der Waals surface area (Å²) in [6.07, 6.45) is -0.146. The van der Waals surface area contributed by atoms with Crippen molar-refractivity contribution in [2.45, 2.75) is 59.6 Å². The molecule has 0 radical (unpaired) electrons. The summed E-state index contributed by atoms with van der Waals surface area (Å²) >= 11 is 0. The van der Waals surface area contributed by atoms with Crippen molar-refractivity contribution >= 4 is 12.0 Å². The predicted octanol–water partition coefficient (Wildman–Crippen LogP) is 1.80. The van der Waals surface area contributed by atoms with Crippen LogP contribution in [0.1, 0.15) is 48.0 Å². The maximum Gasteiger partial charge on any atom is 0.408 e. The van der Waals surface area contributed by atoms with E-state index in [9.17, 15) is 9.59 Å². The SMILES string of the molecule is CC(C)(C)C[C@H](NC(=O)OC(C)(C)C)C(N)=O. The highest BCUT2D eigenvalue weighted by atomic mass is 16.6. The molecule has 0 spiro atoms. The molecule has 1 atom stereocenters. The molecule has 5 nitrogen and oxygen atoms in total. The fraction of sp³-hybridized carbons (Fsp3) is 0.833. The first-order valence-corrected chi connectivity index (χ1v) is 5.69. The number of nitrogens with one attached hydrogen (secondary N) is 1. The molecular formula is C12H24N2O3. The molecule has 0 fully saturated rings. The van der Waals surface area contributed by atoms with Crippen LogP contribution in [0.25, 0.3) is 0 Å². The summed E-state index contributed by atoms with van der Waals surface area (Å²) in [5, 5.41) is 2.49. The normalized spacial score (nSPS) is 14.0. The van der Waals surface area contributed by atoms with Gasteiger partial charge < -0.3 is 15.8 Å². The number of hydrogen-bond donors (Lipinski definition) is 2. The van der Waals surface area contributed by atoms with E-state index in [0.29, 0.717) is 6.42 Å². The largest absolute Gasteiger partial charge is 0.444 e. The number of hydrogen-bond acceptors (Lipinski definition) is 3. The zero-order chi connectivity index (χ0) is 13.9. The molecule has 0 aliphatic carbocycles. The maximum absolute atomic E-state index is 11.5. The fourth-order valence-electron chi connectivity index (χ4n) is 1.28. The number of rotatable bonds is 3. The van der Waals surface area contributed by atoms with Crippen LogP contribution in [0.15, 0.2) is 0 Å². The van der Waals surface area contributed by atoms with Crippen LogP contribution in [0, 0.1) is 5.41 Å². The Morgan fingerprint density at radius 2 is 1.65 bits per heavy atom. The zero-order valence-corrected chi connectivity index (χ0v) is 11.6. The van der Waals surface area contributed by atoms with Gasteiger partial charge in [-0.25, -0.2) is 4.79 Å². The van der Waals surface area contributed by atoms with E-state index in [1.165, 1.54) is 0 Å². The number of nitrogens with two attached hydrogens (primary N) is 1. The van der Waals surface area contributed by atoms with Crippen molar-refractivity contribution < 1.29 is 14.3 Å². The van der Waals surface area contributed by atoms with Gasteiger partial charge in [0.2, 0.25) is 5.91 Å². The van der Waals surface area contributed by atoms with Crippen LogP contribution in [0.3, 0.4) is 0 Å². The molecule has 0 aliphatic heterocycles. The Labute approximate surface area is 103 Å². The molecule has 100 valence electrons. The smallest absolute Gasteiger partial charge is 0.408 e. The Bertz CT molecular complexity index is 287. The quantitative estimate of drug-likeness (QED) is 0.794. The summed E-state index contributed by atoms with van der Waals surface area (Å²) < 4.78 is 5.08. The Morgan fingerprint density at radius 1 is 1.18 bits per heavy atom. The first-order chi connectivity index (χ1) is 7.41. The molecule has 0 aliphatic rings. The summed E-state index contributed by atoms with van der Waals surface area (Å²) in [5.74, 6) is -0.550. The molecular weight excluding hydrogens is 220 g/mol. The van der Waals surface area contributed by atoms with Crippen LogP contribution in [0.4, 0.5) is 4.79 Å². The lowest BCUT2D eigenvalue weighted by atomic mass is 9.88. The van der Waals surface area contributed by atoms with E-state index in [0.717, 1.165) is 0 Å². The van der Waals surface area contributed by atoms with Crippen molar-refractivity contribution in [1.29, 1.82) is 0 Å². The molecule has 0 rings (SSSR count). The molecule has 0 saturated heterocycles. The summed E-state index contributed by atoms with van der Waals surface area (Å²) in [5.41, 5.74) is 4.55. The number of amides is 2. The van der Waals surface area contributed by atoms with E-state index in [1.54, 1.807) is 20.8 Å². The maximum atomic E-state index is 11.5. The van der Waals surface area contributed by atoms with Crippen molar-refractivity contribution in [3.63, 3.8) is 0 Å². The van der Waals surface area contributed by atoms with Gasteiger partial charge in [-0.3, -0.25) is 4.79 Å². The van der Waals surface area contributed by atoms with E-state index in [4.69, 9.17) is 10.5 Å². The van der Waals surface area contributed by atoms with Crippen molar-refractivity contribution in [3.8, 4) is 0 Å². The van der Waals surface area contributed by atoms with Crippen molar-refractivity contribution in [2.24, 2.45) is 11.1 Å². The highest BCUT2D eigenvalue weighted by molar-refractivity contribution is 5.84. The average molecular weight is 244 g/mol. The van der Waals surface area contributed by atoms with Crippen LogP contribution in [-0.4, -0.2) is 23.6 Å². The van der Waals surface area contributed by atoms with Gasteiger partial charge in [0.25, 0.3) is 0 Å². The zero-order valence-electron chi connectivity index (χ0n) is 11.6. The molecule has 0 heterocycles. The van der Waals surface area contributed by atoms with E-state index < -0.39 is 23.6 Å². The fourth-order valence-corrected chi connectivity index (χ4v) is 1.28. The Hall–Kier alpha value is -1.26. The molecule has 0 saturated carbocycles. The first kappa shape index (κ1) is 15.7. The minimum absolute atomic E-state index is 0.102. The Morgan fingerprint density at radius 3 is 1.94 bits per heavy atom. The van der Waals surface area contributed by atoms with Crippen LogP contribution in [0.2, 0.25) is 0 Å². The molecule has 3 N–H and O–H groups in total. The third-order valence-corrected chi connectivity index (χ3v) is 1.85. The van der Waals surface area contributed by atoms with Gasteiger partial charge in [0.1, 0.15) is 11.6 Å². The molecule has 0 aromatic rings. The number of carbonyl (C=O) groups is 2. The van der Waals surface area contributed by atoms with Crippen molar-refractivity contribution in [3.05, 3.63) is 0 Å². The highest BCUT2D eigenvalue weighted by Gasteiger charge is 2.26. The summed E-state index contributed by atoms with van der Waals surface area (Å²) in [4.78, 5) is 22.7. The molecule has 0 bridgehead atoms. The van der Waals surface area contributed by atoms with Crippen LogP contribution in [0.5, 0.6) is 0 Å². The second-order valence-electron chi connectivity index (χ2n) is 6.37. The Kier molecular flexibility index (Phi) is 4.98. The number of ether oxygens (including phenoxy) is 1. The Balaban J connectivity index is 4.47. The van der Waals surface area contributed by atoms with Gasteiger partial charge in [0.05, 0.1) is 0 Å². The second-order valence-corrected chi connectivity index (χ2v) is 6.37. The van der Waals surface area contributed by atoms with Gasteiger partial charge in [0, 0.05) is 0 Å². The minimum Gasteiger partial charge on any atom is -0.444 e. The summed E-state index contributed by atoms with van der Waals surface area (Å²) in [7, 11) is 0. The van der Waals surface area contributed by atoms with E-state index in [-0.39, 0.29) is 5.41 Å². The second kappa shape index (κ2) is 5.38. The standard InChI is InChI=1S/C12H24N2O3/c1-11(2,3)7-8(9(13)15)14-10(16)17-12(4,5)6/h8H,7H2,1-6H3,(H2,13,15)(H,14,16)/t8-/m0/s1. The van der Waals surface area contributed by atoms with Gasteiger partial charge in [0.15, 0.2) is 0 Å². The van der Waals surface area contributed by atoms with Crippen molar-refractivity contribution in [1.82, 2.24) is 5.32 Å². The van der Waals surface area contributed by atoms with Gasteiger partial charge in [-0.1, -0.05) is 20.8 Å². The third-order valence-electron chi connectivity index (χ3n) is 1.85. The number of carbonyl (C=O) groups excluding carboxylic acids is 2. The predicted molar refractivity (Wildman–Crippen MR) is 66.4 cm³/mol. The lowest BCUT2D eigenvalue weighted by Gasteiger charge is -2.26. The van der Waals surface area contributed by atoms with Gasteiger partial charge in [-0.15, -0.1) is 0 Å². The lowest BCUT2D eigenvalue weighted by Crippen LogP contribution is -2.47. The first-order valence-electron chi connectivity index (χ1n) is 5.69. The van der Waals surface area contributed by atoms with Gasteiger partial charge in [-0.05, 0) is 32.6 Å².